The number of halogens is 2. The molecule has 1 aromatic rings. The molecule has 0 aromatic heterocycles. The van der Waals surface area contributed by atoms with Crippen molar-refractivity contribution in [3.63, 3.8) is 0 Å². The lowest BCUT2D eigenvalue weighted by Gasteiger charge is -2.17. The molecule has 0 saturated carbocycles. The lowest BCUT2D eigenvalue weighted by Crippen LogP contribution is -2.23. The quantitative estimate of drug-likeness (QED) is 0.734. The molecule has 14 heavy (non-hydrogen) atoms. The molecule has 1 aliphatic rings. The maximum absolute atomic E-state index is 12.9. The fourth-order valence-corrected chi connectivity index (χ4v) is 1.65. The van der Waals surface area contributed by atoms with Gasteiger partial charge in [0.25, 0.3) is 0 Å². The summed E-state index contributed by atoms with van der Waals surface area (Å²) >= 11 is 0. The van der Waals surface area contributed by atoms with Crippen molar-refractivity contribution in [1.29, 1.82) is 5.41 Å². The Morgan fingerprint density at radius 3 is 2.29 bits per heavy atom. The second-order valence-corrected chi connectivity index (χ2v) is 3.33. The molecule has 0 spiro atoms. The molecule has 1 aliphatic heterocycles. The van der Waals surface area contributed by atoms with Crippen molar-refractivity contribution in [2.75, 3.05) is 11.4 Å². The van der Waals surface area contributed by atoms with Crippen LogP contribution in [0.5, 0.6) is 0 Å². The van der Waals surface area contributed by atoms with Gasteiger partial charge in [0, 0.05) is 24.7 Å². The van der Waals surface area contributed by atoms with Gasteiger partial charge in [-0.1, -0.05) is 0 Å². The Hall–Kier alpha value is -1.45. The topological polar surface area (TPSA) is 27.1 Å². The van der Waals surface area contributed by atoms with E-state index >= 15 is 0 Å². The fourth-order valence-electron chi connectivity index (χ4n) is 1.65. The van der Waals surface area contributed by atoms with Crippen molar-refractivity contribution in [2.45, 2.75) is 12.8 Å². The summed E-state index contributed by atoms with van der Waals surface area (Å²) in [5.74, 6) is -0.769. The number of nitrogens with zero attached hydrogens (tertiary/aromatic N) is 1. The maximum atomic E-state index is 12.9. The van der Waals surface area contributed by atoms with E-state index in [2.05, 4.69) is 0 Å². The molecular formula is C10H10F2N2. The van der Waals surface area contributed by atoms with E-state index in [4.69, 9.17) is 5.41 Å². The molecule has 0 amide bonds. The second kappa shape index (κ2) is 3.36. The Kier molecular flexibility index (Phi) is 2.19. The standard InChI is InChI=1S/C10H10F2N2/c11-7-4-8(12)6-9(5-7)14-3-1-2-10(14)13/h4-6,13H,1-3H2. The Labute approximate surface area is 80.7 Å². The number of nitrogens with one attached hydrogen (secondary N) is 1. The third kappa shape index (κ3) is 1.60. The summed E-state index contributed by atoms with van der Waals surface area (Å²) in [6, 6.07) is 3.34. The van der Waals surface area contributed by atoms with Gasteiger partial charge in [0.1, 0.15) is 17.5 Å². The van der Waals surface area contributed by atoms with Crippen molar-refractivity contribution in [2.24, 2.45) is 0 Å². The summed E-state index contributed by atoms with van der Waals surface area (Å²) in [4.78, 5) is 1.63. The molecule has 0 radical (unpaired) electrons. The van der Waals surface area contributed by atoms with Gasteiger partial charge in [-0.3, -0.25) is 5.41 Å². The van der Waals surface area contributed by atoms with Gasteiger partial charge in [-0.2, -0.15) is 0 Å². The molecule has 1 N–H and O–H groups in total. The minimum atomic E-state index is -0.597. The Balaban J connectivity index is 2.35. The monoisotopic (exact) mass is 196 g/mol. The van der Waals surface area contributed by atoms with Crippen LogP contribution in [0, 0.1) is 17.0 Å². The van der Waals surface area contributed by atoms with Crippen LogP contribution in [0.15, 0.2) is 18.2 Å². The average Bonchev–Trinajstić information content (AvgIpc) is 2.49. The summed E-state index contributed by atoms with van der Waals surface area (Å²) in [7, 11) is 0. The lowest BCUT2D eigenvalue weighted by atomic mass is 10.3. The molecule has 0 atom stereocenters. The summed E-state index contributed by atoms with van der Waals surface area (Å²) in [5.41, 5.74) is 0.435. The normalized spacial score (nSPS) is 16.4. The van der Waals surface area contributed by atoms with Gasteiger partial charge in [0.15, 0.2) is 0 Å². The minimum absolute atomic E-state index is 0.426. The number of hydrogen-bond acceptors (Lipinski definition) is 1. The maximum Gasteiger partial charge on any atom is 0.128 e. The number of rotatable bonds is 1. The fraction of sp³-hybridized carbons (Fsp3) is 0.300. The molecule has 1 aromatic carbocycles. The van der Waals surface area contributed by atoms with Crippen molar-refractivity contribution in [3.8, 4) is 0 Å². The van der Waals surface area contributed by atoms with Crippen molar-refractivity contribution in [1.82, 2.24) is 0 Å². The molecule has 0 unspecified atom stereocenters. The van der Waals surface area contributed by atoms with Crippen LogP contribution in [0.25, 0.3) is 0 Å². The van der Waals surface area contributed by atoms with Crippen LogP contribution in [0.2, 0.25) is 0 Å². The lowest BCUT2D eigenvalue weighted by molar-refractivity contribution is 0.583. The highest BCUT2D eigenvalue weighted by molar-refractivity contribution is 5.97. The number of benzene rings is 1. The Morgan fingerprint density at radius 1 is 1.14 bits per heavy atom. The van der Waals surface area contributed by atoms with Gasteiger partial charge in [-0.15, -0.1) is 0 Å². The summed E-state index contributed by atoms with van der Waals surface area (Å²) < 4.78 is 25.7. The number of anilines is 1. The molecule has 0 bridgehead atoms. The second-order valence-electron chi connectivity index (χ2n) is 3.33. The molecule has 1 saturated heterocycles. The van der Waals surface area contributed by atoms with Crippen LogP contribution >= 0.6 is 0 Å². The summed E-state index contributed by atoms with van der Waals surface area (Å²) in [6.45, 7) is 0.668. The predicted molar refractivity (Wildman–Crippen MR) is 50.7 cm³/mol. The van der Waals surface area contributed by atoms with Gasteiger partial charge < -0.3 is 4.90 Å². The SMILES string of the molecule is N=C1CCCN1c1cc(F)cc(F)c1. The van der Waals surface area contributed by atoms with Crippen LogP contribution in [0.4, 0.5) is 14.5 Å². The van der Waals surface area contributed by atoms with Crippen molar-refractivity contribution < 1.29 is 8.78 Å². The minimum Gasteiger partial charge on any atom is -0.330 e. The van der Waals surface area contributed by atoms with Crippen molar-refractivity contribution in [3.05, 3.63) is 29.8 Å². The van der Waals surface area contributed by atoms with E-state index in [0.717, 1.165) is 12.5 Å². The van der Waals surface area contributed by atoms with Gasteiger partial charge in [0.05, 0.1) is 0 Å². The van der Waals surface area contributed by atoms with Crippen LogP contribution in [-0.2, 0) is 0 Å². The molecule has 0 aliphatic carbocycles. The molecule has 2 rings (SSSR count). The third-order valence-corrected chi connectivity index (χ3v) is 2.28. The van der Waals surface area contributed by atoms with Crippen LogP contribution < -0.4 is 4.90 Å². The molecule has 4 heteroatoms. The van der Waals surface area contributed by atoms with Gasteiger partial charge in [0.2, 0.25) is 0 Å². The highest BCUT2D eigenvalue weighted by Gasteiger charge is 2.19. The zero-order valence-electron chi connectivity index (χ0n) is 7.56. The largest absolute Gasteiger partial charge is 0.330 e. The molecular weight excluding hydrogens is 186 g/mol. The zero-order valence-corrected chi connectivity index (χ0v) is 7.56. The predicted octanol–water partition coefficient (Wildman–Crippen LogP) is 2.54. The van der Waals surface area contributed by atoms with Crippen LogP contribution in [0.1, 0.15) is 12.8 Å². The van der Waals surface area contributed by atoms with Gasteiger partial charge >= 0.3 is 0 Å². The molecule has 1 fully saturated rings. The van der Waals surface area contributed by atoms with E-state index in [0.29, 0.717) is 24.5 Å². The van der Waals surface area contributed by atoms with Crippen LogP contribution in [-0.4, -0.2) is 12.4 Å². The Bertz CT molecular complexity index is 356. The number of hydrogen-bond donors (Lipinski definition) is 1. The third-order valence-electron chi connectivity index (χ3n) is 2.28. The van der Waals surface area contributed by atoms with E-state index in [1.165, 1.54) is 12.1 Å². The van der Waals surface area contributed by atoms with E-state index in [1.807, 2.05) is 0 Å². The van der Waals surface area contributed by atoms with Gasteiger partial charge in [-0.25, -0.2) is 8.78 Å². The van der Waals surface area contributed by atoms with E-state index in [1.54, 1.807) is 4.90 Å². The van der Waals surface area contributed by atoms with E-state index < -0.39 is 11.6 Å². The highest BCUT2D eigenvalue weighted by Crippen LogP contribution is 2.23. The zero-order chi connectivity index (χ0) is 10.1. The summed E-state index contributed by atoms with van der Waals surface area (Å²) in [5, 5.41) is 7.57. The first kappa shape index (κ1) is 9.12. The van der Waals surface area contributed by atoms with Crippen molar-refractivity contribution >= 4 is 11.5 Å². The van der Waals surface area contributed by atoms with Gasteiger partial charge in [-0.05, 0) is 18.6 Å². The summed E-state index contributed by atoms with van der Waals surface area (Å²) in [6.07, 6.45) is 1.55. The van der Waals surface area contributed by atoms with Crippen LogP contribution in [0.3, 0.4) is 0 Å². The average molecular weight is 196 g/mol. The first-order valence-electron chi connectivity index (χ1n) is 4.48. The first-order chi connectivity index (χ1) is 6.66. The Morgan fingerprint density at radius 2 is 1.79 bits per heavy atom. The molecule has 2 nitrogen and oxygen atoms in total. The van der Waals surface area contributed by atoms with E-state index in [-0.39, 0.29) is 0 Å². The van der Waals surface area contributed by atoms with E-state index in [9.17, 15) is 8.78 Å². The molecule has 1 heterocycles. The number of amidine groups is 1. The first-order valence-corrected chi connectivity index (χ1v) is 4.48. The molecule has 74 valence electrons. The smallest absolute Gasteiger partial charge is 0.128 e. The highest BCUT2D eigenvalue weighted by atomic mass is 19.1.